The third kappa shape index (κ3) is 3.51. The lowest BCUT2D eigenvalue weighted by atomic mass is 9.87. The van der Waals surface area contributed by atoms with Gasteiger partial charge in [0.2, 0.25) is 0 Å². The van der Waals surface area contributed by atoms with Crippen LogP contribution in [0.15, 0.2) is 61.2 Å². The van der Waals surface area contributed by atoms with E-state index >= 15 is 0 Å². The van der Waals surface area contributed by atoms with Gasteiger partial charge in [-0.2, -0.15) is 0 Å². The normalized spacial score (nSPS) is 11.7. The summed E-state index contributed by atoms with van der Waals surface area (Å²) in [4.78, 5) is 13.3. The molecule has 0 saturated heterocycles. The third-order valence-electron chi connectivity index (χ3n) is 4.43. The van der Waals surface area contributed by atoms with Crippen molar-refractivity contribution in [2.45, 2.75) is 26.2 Å². The van der Waals surface area contributed by atoms with E-state index in [2.05, 4.69) is 65.3 Å². The zero-order chi connectivity index (χ0) is 19.0. The highest BCUT2D eigenvalue weighted by Gasteiger charge is 2.14. The highest BCUT2D eigenvalue weighted by Crippen LogP contribution is 2.27. The van der Waals surface area contributed by atoms with E-state index in [0.29, 0.717) is 16.4 Å². The van der Waals surface area contributed by atoms with Gasteiger partial charge in [-0.3, -0.25) is 4.57 Å². The number of halogens is 1. The zero-order valence-corrected chi connectivity index (χ0v) is 16.2. The predicted molar refractivity (Wildman–Crippen MR) is 110 cm³/mol. The quantitative estimate of drug-likeness (QED) is 0.511. The van der Waals surface area contributed by atoms with Gasteiger partial charge in [0.05, 0.1) is 5.69 Å². The second-order valence-electron chi connectivity index (χ2n) is 7.44. The standard InChI is InChI=1S/C21H20ClN5/c1-21(2,3)14-7-9-16(10-8-14)26-19-18-20(24-12-23-19)27(13-25-18)17-6-4-5-15(22)11-17/h4-13H,1-3H3,(H,23,24,26). The molecule has 0 saturated carbocycles. The molecule has 0 amide bonds. The summed E-state index contributed by atoms with van der Waals surface area (Å²) >= 11 is 6.12. The van der Waals surface area contributed by atoms with Crippen molar-refractivity contribution in [3.63, 3.8) is 0 Å². The van der Waals surface area contributed by atoms with Crippen molar-refractivity contribution in [2.24, 2.45) is 0 Å². The summed E-state index contributed by atoms with van der Waals surface area (Å²) in [5, 5.41) is 4.02. The number of nitrogens with zero attached hydrogens (tertiary/aromatic N) is 4. The summed E-state index contributed by atoms with van der Waals surface area (Å²) in [7, 11) is 0. The Morgan fingerprint density at radius 2 is 1.74 bits per heavy atom. The monoisotopic (exact) mass is 377 g/mol. The molecule has 0 aliphatic rings. The topological polar surface area (TPSA) is 55.6 Å². The molecule has 2 aromatic heterocycles. The van der Waals surface area contributed by atoms with Gasteiger partial charge in [0.15, 0.2) is 17.0 Å². The molecule has 2 heterocycles. The highest BCUT2D eigenvalue weighted by atomic mass is 35.5. The highest BCUT2D eigenvalue weighted by molar-refractivity contribution is 6.30. The van der Waals surface area contributed by atoms with E-state index in [0.717, 1.165) is 17.0 Å². The van der Waals surface area contributed by atoms with Crippen LogP contribution in [0.5, 0.6) is 0 Å². The molecule has 6 heteroatoms. The molecule has 0 spiro atoms. The number of aromatic nitrogens is 4. The minimum atomic E-state index is 0.121. The predicted octanol–water partition coefficient (Wildman–Crippen LogP) is 5.51. The fourth-order valence-electron chi connectivity index (χ4n) is 2.93. The minimum absolute atomic E-state index is 0.121. The number of fused-ring (bicyclic) bond motifs is 1. The molecule has 0 radical (unpaired) electrons. The van der Waals surface area contributed by atoms with Crippen LogP contribution in [-0.2, 0) is 5.41 Å². The molecule has 0 fully saturated rings. The largest absolute Gasteiger partial charge is 0.338 e. The van der Waals surface area contributed by atoms with Gasteiger partial charge in [0.25, 0.3) is 0 Å². The van der Waals surface area contributed by atoms with Gasteiger partial charge in [-0.25, -0.2) is 15.0 Å². The number of hydrogen-bond donors (Lipinski definition) is 1. The van der Waals surface area contributed by atoms with E-state index < -0.39 is 0 Å². The maximum absolute atomic E-state index is 6.12. The number of rotatable bonds is 3. The zero-order valence-electron chi connectivity index (χ0n) is 15.4. The molecule has 0 bridgehead atoms. The number of anilines is 2. The third-order valence-corrected chi connectivity index (χ3v) is 4.67. The lowest BCUT2D eigenvalue weighted by molar-refractivity contribution is 0.590. The Kier molecular flexibility index (Phi) is 4.32. The van der Waals surface area contributed by atoms with Crippen LogP contribution in [0.3, 0.4) is 0 Å². The van der Waals surface area contributed by atoms with Gasteiger partial charge in [-0.05, 0) is 41.3 Å². The van der Waals surface area contributed by atoms with Gasteiger partial charge >= 0.3 is 0 Å². The van der Waals surface area contributed by atoms with E-state index in [1.165, 1.54) is 11.9 Å². The van der Waals surface area contributed by atoms with Crippen molar-refractivity contribution in [1.29, 1.82) is 0 Å². The smallest absolute Gasteiger partial charge is 0.170 e. The van der Waals surface area contributed by atoms with Gasteiger partial charge in [-0.1, -0.05) is 50.6 Å². The summed E-state index contributed by atoms with van der Waals surface area (Å²) < 4.78 is 1.90. The van der Waals surface area contributed by atoms with Crippen molar-refractivity contribution < 1.29 is 0 Å². The minimum Gasteiger partial charge on any atom is -0.338 e. The van der Waals surface area contributed by atoms with Crippen LogP contribution < -0.4 is 5.32 Å². The van der Waals surface area contributed by atoms with Crippen molar-refractivity contribution in [1.82, 2.24) is 19.5 Å². The van der Waals surface area contributed by atoms with E-state index in [-0.39, 0.29) is 5.41 Å². The number of benzene rings is 2. The Labute approximate surface area is 163 Å². The summed E-state index contributed by atoms with van der Waals surface area (Å²) in [5.41, 5.74) is 4.70. The SMILES string of the molecule is CC(C)(C)c1ccc(Nc2ncnc3c2ncn3-c2cccc(Cl)c2)cc1. The first kappa shape index (κ1) is 17.5. The van der Waals surface area contributed by atoms with Gasteiger partial charge in [0, 0.05) is 10.7 Å². The first-order valence-electron chi connectivity index (χ1n) is 8.73. The molecule has 1 N–H and O–H groups in total. The Hall–Kier alpha value is -2.92. The molecule has 0 atom stereocenters. The molecule has 5 nitrogen and oxygen atoms in total. The Bertz CT molecular complexity index is 1090. The maximum atomic E-state index is 6.12. The van der Waals surface area contributed by atoms with Crippen molar-refractivity contribution >= 4 is 34.3 Å². The molecule has 0 unspecified atom stereocenters. The molecular formula is C21H20ClN5. The van der Waals surface area contributed by atoms with Crippen LogP contribution in [0.25, 0.3) is 16.9 Å². The number of hydrogen-bond acceptors (Lipinski definition) is 4. The summed E-state index contributed by atoms with van der Waals surface area (Å²) in [6.45, 7) is 6.60. The molecule has 4 rings (SSSR count). The fraction of sp³-hybridized carbons (Fsp3) is 0.190. The number of imidazole rings is 1. The van der Waals surface area contributed by atoms with Crippen LogP contribution in [0.2, 0.25) is 5.02 Å². The average molecular weight is 378 g/mol. The van der Waals surface area contributed by atoms with E-state index in [1.807, 2.05) is 28.8 Å². The van der Waals surface area contributed by atoms with E-state index in [9.17, 15) is 0 Å². The lowest BCUT2D eigenvalue weighted by Gasteiger charge is -2.19. The lowest BCUT2D eigenvalue weighted by Crippen LogP contribution is -2.10. The van der Waals surface area contributed by atoms with Gasteiger partial charge < -0.3 is 5.32 Å². The molecular weight excluding hydrogens is 358 g/mol. The first-order valence-corrected chi connectivity index (χ1v) is 9.11. The summed E-state index contributed by atoms with van der Waals surface area (Å²) in [6.07, 6.45) is 3.27. The Morgan fingerprint density at radius 1 is 0.963 bits per heavy atom. The molecule has 0 aliphatic carbocycles. The van der Waals surface area contributed by atoms with Crippen LogP contribution in [0.4, 0.5) is 11.5 Å². The first-order chi connectivity index (χ1) is 12.9. The van der Waals surface area contributed by atoms with Gasteiger partial charge in [0.1, 0.15) is 12.7 Å². The van der Waals surface area contributed by atoms with E-state index in [1.54, 1.807) is 6.33 Å². The molecule has 27 heavy (non-hydrogen) atoms. The second-order valence-corrected chi connectivity index (χ2v) is 7.88. The van der Waals surface area contributed by atoms with Crippen molar-refractivity contribution in [3.8, 4) is 5.69 Å². The maximum Gasteiger partial charge on any atom is 0.170 e. The van der Waals surface area contributed by atoms with Crippen LogP contribution in [0.1, 0.15) is 26.3 Å². The second kappa shape index (κ2) is 6.67. The Balaban J connectivity index is 1.69. The van der Waals surface area contributed by atoms with E-state index in [4.69, 9.17) is 11.6 Å². The van der Waals surface area contributed by atoms with Crippen LogP contribution in [-0.4, -0.2) is 19.5 Å². The van der Waals surface area contributed by atoms with Crippen LogP contribution in [0, 0.1) is 0 Å². The van der Waals surface area contributed by atoms with Gasteiger partial charge in [-0.15, -0.1) is 0 Å². The molecule has 0 aliphatic heterocycles. The molecule has 4 aromatic rings. The summed E-state index contributed by atoms with van der Waals surface area (Å²) in [5.74, 6) is 0.671. The Morgan fingerprint density at radius 3 is 2.44 bits per heavy atom. The van der Waals surface area contributed by atoms with Crippen LogP contribution >= 0.6 is 11.6 Å². The number of nitrogens with one attached hydrogen (secondary N) is 1. The van der Waals surface area contributed by atoms with Crippen molar-refractivity contribution in [3.05, 3.63) is 71.8 Å². The fourth-order valence-corrected chi connectivity index (χ4v) is 3.12. The summed E-state index contributed by atoms with van der Waals surface area (Å²) in [6, 6.07) is 16.0. The van der Waals surface area contributed by atoms with Crippen molar-refractivity contribution in [2.75, 3.05) is 5.32 Å². The molecule has 136 valence electrons. The average Bonchev–Trinajstić information content (AvgIpc) is 3.07. The molecule has 2 aromatic carbocycles.